The van der Waals surface area contributed by atoms with Crippen LogP contribution in [-0.2, 0) is 23.2 Å². The van der Waals surface area contributed by atoms with Crippen LogP contribution in [0.5, 0.6) is 0 Å². The molecule has 0 saturated heterocycles. The average Bonchev–Trinajstić information content (AvgIpc) is 3.42. The third-order valence-corrected chi connectivity index (χ3v) is 4.11. The van der Waals surface area contributed by atoms with Gasteiger partial charge in [0, 0.05) is 31.4 Å². The van der Waals surface area contributed by atoms with E-state index in [1.807, 2.05) is 0 Å². The van der Waals surface area contributed by atoms with Gasteiger partial charge in [0.1, 0.15) is 11.5 Å². The standard InChI is InChI=1S/C18H18FN3O3/c1-21-10-4-7-15(17(21)24)20-16(23)18(25)22(13-8-9-13)11-12-5-2-3-6-14(12)19/h2-7,10,13H,8-9,11H2,1H3,(H,20,23). The second-order valence-electron chi connectivity index (χ2n) is 6.05. The Morgan fingerprint density at radius 3 is 2.64 bits per heavy atom. The Morgan fingerprint density at radius 2 is 1.96 bits per heavy atom. The smallest absolute Gasteiger partial charge is 0.314 e. The average molecular weight is 343 g/mol. The number of benzene rings is 1. The van der Waals surface area contributed by atoms with Gasteiger partial charge in [0.25, 0.3) is 5.56 Å². The first-order valence-electron chi connectivity index (χ1n) is 7.98. The molecule has 1 aromatic heterocycles. The van der Waals surface area contributed by atoms with Crippen LogP contribution >= 0.6 is 0 Å². The van der Waals surface area contributed by atoms with E-state index >= 15 is 0 Å². The second kappa shape index (κ2) is 6.88. The number of carbonyl (C=O) groups excluding carboxylic acids is 2. The number of aromatic nitrogens is 1. The maximum absolute atomic E-state index is 13.9. The van der Waals surface area contributed by atoms with Crippen LogP contribution in [0.15, 0.2) is 47.4 Å². The summed E-state index contributed by atoms with van der Waals surface area (Å²) >= 11 is 0. The molecule has 1 N–H and O–H groups in total. The molecule has 2 amide bonds. The Balaban J connectivity index is 1.76. The van der Waals surface area contributed by atoms with Gasteiger partial charge in [-0.1, -0.05) is 18.2 Å². The third kappa shape index (κ3) is 3.76. The molecule has 130 valence electrons. The summed E-state index contributed by atoms with van der Waals surface area (Å²) in [7, 11) is 1.55. The quantitative estimate of drug-likeness (QED) is 0.858. The lowest BCUT2D eigenvalue weighted by Crippen LogP contribution is -2.41. The fourth-order valence-electron chi connectivity index (χ4n) is 2.56. The summed E-state index contributed by atoms with van der Waals surface area (Å²) < 4.78 is 15.2. The van der Waals surface area contributed by atoms with E-state index in [0.717, 1.165) is 12.8 Å². The molecular weight excluding hydrogens is 325 g/mol. The molecule has 0 aliphatic heterocycles. The number of halogens is 1. The number of rotatable bonds is 4. The van der Waals surface area contributed by atoms with Crippen molar-refractivity contribution in [3.8, 4) is 0 Å². The highest BCUT2D eigenvalue weighted by molar-refractivity contribution is 6.39. The number of nitrogens with one attached hydrogen (secondary N) is 1. The van der Waals surface area contributed by atoms with Crippen LogP contribution in [0, 0.1) is 5.82 Å². The van der Waals surface area contributed by atoms with E-state index < -0.39 is 23.2 Å². The van der Waals surface area contributed by atoms with Crippen LogP contribution in [0.3, 0.4) is 0 Å². The molecule has 0 bridgehead atoms. The fourth-order valence-corrected chi connectivity index (χ4v) is 2.56. The summed E-state index contributed by atoms with van der Waals surface area (Å²) in [5.74, 6) is -2.08. The summed E-state index contributed by atoms with van der Waals surface area (Å²) in [6.07, 6.45) is 3.11. The number of hydrogen-bond donors (Lipinski definition) is 1. The van der Waals surface area contributed by atoms with Gasteiger partial charge in [-0.2, -0.15) is 0 Å². The Labute approximate surface area is 143 Å². The first kappa shape index (κ1) is 16.9. The first-order chi connectivity index (χ1) is 12.0. The number of nitrogens with zero attached hydrogens (tertiary/aromatic N) is 2. The molecule has 1 aromatic carbocycles. The maximum atomic E-state index is 13.9. The molecule has 1 heterocycles. The molecular formula is C18H18FN3O3. The molecule has 1 saturated carbocycles. The van der Waals surface area contributed by atoms with Crippen molar-refractivity contribution in [2.24, 2.45) is 7.05 Å². The highest BCUT2D eigenvalue weighted by Crippen LogP contribution is 2.29. The van der Waals surface area contributed by atoms with E-state index in [0.29, 0.717) is 5.56 Å². The van der Waals surface area contributed by atoms with Gasteiger partial charge in [-0.25, -0.2) is 4.39 Å². The SMILES string of the molecule is Cn1cccc(NC(=O)C(=O)N(Cc2ccccc2F)C2CC2)c1=O. The summed E-state index contributed by atoms with van der Waals surface area (Å²) in [5.41, 5.74) is -0.0214. The minimum atomic E-state index is -0.897. The summed E-state index contributed by atoms with van der Waals surface area (Å²) in [6, 6.07) is 9.12. The van der Waals surface area contributed by atoms with Crippen molar-refractivity contribution < 1.29 is 14.0 Å². The van der Waals surface area contributed by atoms with Crippen molar-refractivity contribution in [1.82, 2.24) is 9.47 Å². The van der Waals surface area contributed by atoms with E-state index in [9.17, 15) is 18.8 Å². The van der Waals surface area contributed by atoms with Gasteiger partial charge < -0.3 is 14.8 Å². The zero-order chi connectivity index (χ0) is 18.0. The number of aryl methyl sites for hydroxylation is 1. The van der Waals surface area contributed by atoms with Crippen molar-refractivity contribution in [1.29, 1.82) is 0 Å². The van der Waals surface area contributed by atoms with E-state index in [2.05, 4.69) is 5.32 Å². The molecule has 6 nitrogen and oxygen atoms in total. The second-order valence-corrected chi connectivity index (χ2v) is 6.05. The highest BCUT2D eigenvalue weighted by Gasteiger charge is 2.36. The van der Waals surface area contributed by atoms with E-state index in [1.54, 1.807) is 37.5 Å². The zero-order valence-electron chi connectivity index (χ0n) is 13.7. The van der Waals surface area contributed by atoms with Crippen LogP contribution in [0.4, 0.5) is 10.1 Å². The molecule has 0 atom stereocenters. The number of amides is 2. The highest BCUT2D eigenvalue weighted by atomic mass is 19.1. The molecule has 7 heteroatoms. The summed E-state index contributed by atoms with van der Waals surface area (Å²) in [6.45, 7) is 0.0242. The number of anilines is 1. The fraction of sp³-hybridized carbons (Fsp3) is 0.278. The molecule has 2 aromatic rings. The normalized spacial score (nSPS) is 13.4. The minimum Gasteiger partial charge on any atom is -0.327 e. The molecule has 25 heavy (non-hydrogen) atoms. The van der Waals surface area contributed by atoms with E-state index in [4.69, 9.17) is 0 Å². The van der Waals surface area contributed by atoms with Crippen LogP contribution in [0.1, 0.15) is 18.4 Å². The lowest BCUT2D eigenvalue weighted by molar-refractivity contribution is -0.144. The molecule has 1 aliphatic rings. The number of pyridine rings is 1. The van der Waals surface area contributed by atoms with Crippen LogP contribution in [-0.4, -0.2) is 27.3 Å². The van der Waals surface area contributed by atoms with E-state index in [1.165, 1.54) is 21.6 Å². The Bertz CT molecular complexity index is 874. The van der Waals surface area contributed by atoms with E-state index in [-0.39, 0.29) is 18.3 Å². The topological polar surface area (TPSA) is 71.4 Å². The molecule has 0 radical (unpaired) electrons. The minimum absolute atomic E-state index is 0.0242. The van der Waals surface area contributed by atoms with Gasteiger partial charge >= 0.3 is 11.8 Å². The molecule has 1 aliphatic carbocycles. The van der Waals surface area contributed by atoms with Crippen LogP contribution < -0.4 is 10.9 Å². The Morgan fingerprint density at radius 1 is 1.24 bits per heavy atom. The first-order valence-corrected chi connectivity index (χ1v) is 7.98. The van der Waals surface area contributed by atoms with Gasteiger partial charge in [-0.3, -0.25) is 14.4 Å². The monoisotopic (exact) mass is 343 g/mol. The van der Waals surface area contributed by atoms with Gasteiger partial charge in [0.05, 0.1) is 0 Å². The van der Waals surface area contributed by atoms with Gasteiger partial charge in [-0.15, -0.1) is 0 Å². The molecule has 3 rings (SSSR count). The van der Waals surface area contributed by atoms with Crippen molar-refractivity contribution in [3.05, 3.63) is 64.3 Å². The van der Waals surface area contributed by atoms with Crippen molar-refractivity contribution >= 4 is 17.5 Å². The van der Waals surface area contributed by atoms with Crippen LogP contribution in [0.25, 0.3) is 0 Å². The van der Waals surface area contributed by atoms with Gasteiger partial charge in [-0.05, 0) is 31.0 Å². The lowest BCUT2D eigenvalue weighted by Gasteiger charge is -2.22. The van der Waals surface area contributed by atoms with Gasteiger partial charge in [0.15, 0.2) is 0 Å². The summed E-state index contributed by atoms with van der Waals surface area (Å²) in [4.78, 5) is 38.1. The van der Waals surface area contributed by atoms with Crippen molar-refractivity contribution in [2.75, 3.05) is 5.32 Å². The van der Waals surface area contributed by atoms with Crippen molar-refractivity contribution in [2.45, 2.75) is 25.4 Å². The summed E-state index contributed by atoms with van der Waals surface area (Å²) in [5, 5.41) is 2.36. The van der Waals surface area contributed by atoms with Crippen molar-refractivity contribution in [3.63, 3.8) is 0 Å². The van der Waals surface area contributed by atoms with Gasteiger partial charge in [0.2, 0.25) is 0 Å². The maximum Gasteiger partial charge on any atom is 0.314 e. The number of hydrogen-bond acceptors (Lipinski definition) is 3. The number of carbonyl (C=O) groups is 2. The lowest BCUT2D eigenvalue weighted by atomic mass is 10.2. The molecule has 0 spiro atoms. The zero-order valence-corrected chi connectivity index (χ0v) is 13.7. The Kier molecular flexibility index (Phi) is 4.65. The molecule has 1 fully saturated rings. The largest absolute Gasteiger partial charge is 0.327 e. The predicted octanol–water partition coefficient (Wildman–Crippen LogP) is 1.65. The molecule has 0 unspecified atom stereocenters. The third-order valence-electron chi connectivity index (χ3n) is 4.11. The van der Waals surface area contributed by atoms with Crippen LogP contribution in [0.2, 0.25) is 0 Å². The Hall–Kier alpha value is -2.96. The predicted molar refractivity (Wildman–Crippen MR) is 90.3 cm³/mol.